The molecule has 1 atom stereocenters. The number of carboxylic acids is 1. The number of aliphatic carboxylic acids is 1. The summed E-state index contributed by atoms with van der Waals surface area (Å²) in [7, 11) is 0. The van der Waals surface area contributed by atoms with Crippen LogP contribution in [0.1, 0.15) is 6.42 Å². The van der Waals surface area contributed by atoms with E-state index in [1.165, 1.54) is 0 Å². The third kappa shape index (κ3) is 7.65. The second kappa shape index (κ2) is 5.78. The van der Waals surface area contributed by atoms with Gasteiger partial charge >= 0.3 is 5.97 Å². The fraction of sp³-hybridized carbons (Fsp3) is 0.750. The quantitative estimate of drug-likeness (QED) is 0.614. The normalized spacial score (nSPS) is 11.8. The molecule has 0 amide bonds. The van der Waals surface area contributed by atoms with Crippen molar-refractivity contribution in [3.63, 3.8) is 0 Å². The Morgan fingerprint density at radius 1 is 1.78 bits per heavy atom. The minimum Gasteiger partial charge on any atom is -0.481 e. The molecule has 0 aromatic carbocycles. The standard InChI is InChI=1S/C4H8FNO2.ClH/c5-3(2-6)1-4(7)8;/h3H,1-2,6H2,(H,7,8);1H/t3-;/m0./s1. The molecule has 0 spiro atoms. The first-order valence-electron chi connectivity index (χ1n) is 2.22. The number of carboxylic acid groups (broad SMARTS) is 1. The van der Waals surface area contributed by atoms with Gasteiger partial charge in [0.05, 0.1) is 6.42 Å². The zero-order chi connectivity index (χ0) is 6.57. The Hall–Kier alpha value is -0.350. The van der Waals surface area contributed by atoms with Gasteiger partial charge in [0.25, 0.3) is 0 Å². The van der Waals surface area contributed by atoms with Crippen LogP contribution in [0.15, 0.2) is 0 Å². The molecule has 0 heterocycles. The second-order valence-electron chi connectivity index (χ2n) is 1.43. The topological polar surface area (TPSA) is 63.3 Å². The van der Waals surface area contributed by atoms with Gasteiger partial charge in [-0.1, -0.05) is 0 Å². The number of alkyl halides is 1. The Bertz CT molecular complexity index is 90.6. The fourth-order valence-electron chi connectivity index (χ4n) is 0.273. The van der Waals surface area contributed by atoms with Gasteiger partial charge in [-0.05, 0) is 0 Å². The molecule has 0 radical (unpaired) electrons. The molecule has 3 nitrogen and oxygen atoms in total. The Morgan fingerprint density at radius 2 is 2.22 bits per heavy atom. The monoisotopic (exact) mass is 157 g/mol. The maximum absolute atomic E-state index is 11.9. The molecule has 0 aliphatic heterocycles. The molecular weight excluding hydrogens is 148 g/mol. The van der Waals surface area contributed by atoms with Crippen molar-refractivity contribution in [3.8, 4) is 0 Å². The van der Waals surface area contributed by atoms with E-state index >= 15 is 0 Å². The summed E-state index contributed by atoms with van der Waals surface area (Å²) in [6, 6.07) is 0. The zero-order valence-electron chi connectivity index (χ0n) is 4.71. The largest absolute Gasteiger partial charge is 0.481 e. The molecule has 0 unspecified atom stereocenters. The Labute approximate surface area is 58.4 Å². The summed E-state index contributed by atoms with van der Waals surface area (Å²) in [5.41, 5.74) is 4.78. The maximum atomic E-state index is 11.9. The van der Waals surface area contributed by atoms with Crippen molar-refractivity contribution >= 4 is 18.4 Å². The van der Waals surface area contributed by atoms with E-state index in [1.54, 1.807) is 0 Å². The van der Waals surface area contributed by atoms with E-state index in [1.807, 2.05) is 0 Å². The van der Waals surface area contributed by atoms with Crippen LogP contribution in [-0.2, 0) is 4.79 Å². The molecule has 0 saturated heterocycles. The predicted molar refractivity (Wildman–Crippen MR) is 33.5 cm³/mol. The summed E-state index contributed by atoms with van der Waals surface area (Å²) in [6.07, 6.45) is -1.89. The van der Waals surface area contributed by atoms with Crippen LogP contribution in [0.3, 0.4) is 0 Å². The molecule has 0 rings (SSSR count). The number of rotatable bonds is 3. The lowest BCUT2D eigenvalue weighted by molar-refractivity contribution is -0.138. The van der Waals surface area contributed by atoms with Gasteiger partial charge in [-0.25, -0.2) is 4.39 Å². The summed E-state index contributed by atoms with van der Waals surface area (Å²) >= 11 is 0. The highest BCUT2D eigenvalue weighted by Crippen LogP contribution is 1.92. The lowest BCUT2D eigenvalue weighted by Gasteiger charge is -1.96. The number of hydrogen-bond acceptors (Lipinski definition) is 2. The van der Waals surface area contributed by atoms with Crippen LogP contribution < -0.4 is 5.73 Å². The van der Waals surface area contributed by atoms with Crippen molar-refractivity contribution in [1.82, 2.24) is 0 Å². The molecule has 0 bridgehead atoms. The SMILES string of the molecule is Cl.NC[C@@H](F)CC(=O)O. The van der Waals surface area contributed by atoms with Gasteiger partial charge in [-0.15, -0.1) is 12.4 Å². The number of nitrogens with two attached hydrogens (primary N) is 1. The Kier molecular flexibility index (Phi) is 7.35. The molecule has 5 heteroatoms. The van der Waals surface area contributed by atoms with Crippen LogP contribution in [0.2, 0.25) is 0 Å². The molecule has 3 N–H and O–H groups in total. The first-order valence-corrected chi connectivity index (χ1v) is 2.22. The number of carbonyl (C=O) groups is 1. The Balaban J connectivity index is 0. The van der Waals surface area contributed by atoms with Gasteiger partial charge in [0.1, 0.15) is 6.17 Å². The summed E-state index contributed by atoms with van der Waals surface area (Å²) in [5, 5.41) is 7.92. The van der Waals surface area contributed by atoms with Crippen LogP contribution in [0.4, 0.5) is 4.39 Å². The number of hydrogen-bond donors (Lipinski definition) is 2. The summed E-state index contributed by atoms with van der Waals surface area (Å²) in [6.45, 7) is -0.216. The third-order valence-corrected chi connectivity index (χ3v) is 0.652. The molecular formula is C4H9ClFNO2. The van der Waals surface area contributed by atoms with E-state index in [9.17, 15) is 9.18 Å². The van der Waals surface area contributed by atoms with E-state index in [-0.39, 0.29) is 19.0 Å². The average Bonchev–Trinajstić information content (AvgIpc) is 1.65. The highest BCUT2D eigenvalue weighted by Gasteiger charge is 2.07. The first-order chi connectivity index (χ1) is 3.66. The summed E-state index contributed by atoms with van der Waals surface area (Å²) in [4.78, 5) is 9.67. The van der Waals surface area contributed by atoms with Crippen molar-refractivity contribution < 1.29 is 14.3 Å². The van der Waals surface area contributed by atoms with Gasteiger partial charge in [-0.2, -0.15) is 0 Å². The maximum Gasteiger partial charge on any atom is 0.306 e. The predicted octanol–water partition coefficient (Wildman–Crippen LogP) is 0.180. The highest BCUT2D eigenvalue weighted by atomic mass is 35.5. The van der Waals surface area contributed by atoms with Crippen LogP contribution in [0.5, 0.6) is 0 Å². The van der Waals surface area contributed by atoms with E-state index in [0.717, 1.165) is 0 Å². The van der Waals surface area contributed by atoms with Crippen LogP contribution in [0.25, 0.3) is 0 Å². The van der Waals surface area contributed by atoms with Crippen LogP contribution >= 0.6 is 12.4 Å². The first kappa shape index (κ1) is 11.4. The van der Waals surface area contributed by atoms with Crippen molar-refractivity contribution in [2.45, 2.75) is 12.6 Å². The van der Waals surface area contributed by atoms with Gasteiger partial charge in [0, 0.05) is 6.54 Å². The number of halogens is 2. The fourth-order valence-corrected chi connectivity index (χ4v) is 0.273. The second-order valence-corrected chi connectivity index (χ2v) is 1.43. The molecule has 0 aromatic rings. The Morgan fingerprint density at radius 3 is 2.33 bits per heavy atom. The van der Waals surface area contributed by atoms with Crippen LogP contribution in [-0.4, -0.2) is 23.8 Å². The molecule has 56 valence electrons. The molecule has 0 aliphatic carbocycles. The minimum absolute atomic E-state index is 0. The average molecular weight is 158 g/mol. The van der Waals surface area contributed by atoms with E-state index in [4.69, 9.17) is 10.8 Å². The van der Waals surface area contributed by atoms with Gasteiger partial charge in [-0.3, -0.25) is 4.79 Å². The molecule has 0 saturated carbocycles. The van der Waals surface area contributed by atoms with Gasteiger partial charge in [0.15, 0.2) is 0 Å². The summed E-state index contributed by atoms with van der Waals surface area (Å²) < 4.78 is 11.9. The smallest absolute Gasteiger partial charge is 0.306 e. The van der Waals surface area contributed by atoms with Crippen molar-refractivity contribution in [2.75, 3.05) is 6.54 Å². The van der Waals surface area contributed by atoms with E-state index < -0.39 is 18.6 Å². The van der Waals surface area contributed by atoms with E-state index in [2.05, 4.69) is 0 Å². The van der Waals surface area contributed by atoms with Crippen LogP contribution in [0, 0.1) is 0 Å². The summed E-state index contributed by atoms with van der Waals surface area (Å²) in [5.74, 6) is -1.15. The lowest BCUT2D eigenvalue weighted by Crippen LogP contribution is -2.18. The van der Waals surface area contributed by atoms with Crippen molar-refractivity contribution in [2.24, 2.45) is 5.73 Å². The van der Waals surface area contributed by atoms with Crippen molar-refractivity contribution in [3.05, 3.63) is 0 Å². The minimum atomic E-state index is -1.40. The van der Waals surface area contributed by atoms with E-state index in [0.29, 0.717) is 0 Å². The van der Waals surface area contributed by atoms with Gasteiger partial charge in [0.2, 0.25) is 0 Å². The van der Waals surface area contributed by atoms with Gasteiger partial charge < -0.3 is 10.8 Å². The molecule has 0 aromatic heterocycles. The third-order valence-electron chi connectivity index (χ3n) is 0.652. The zero-order valence-corrected chi connectivity index (χ0v) is 5.53. The van der Waals surface area contributed by atoms with Crippen molar-refractivity contribution in [1.29, 1.82) is 0 Å². The molecule has 0 fully saturated rings. The lowest BCUT2D eigenvalue weighted by atomic mass is 10.3. The molecule has 0 aliphatic rings. The molecule has 9 heavy (non-hydrogen) atoms. The highest BCUT2D eigenvalue weighted by molar-refractivity contribution is 5.85.